The van der Waals surface area contributed by atoms with Crippen molar-refractivity contribution in [3.63, 3.8) is 0 Å². The molecule has 6 nitrogen and oxygen atoms in total. The Balaban J connectivity index is 2.15. The van der Waals surface area contributed by atoms with E-state index in [0.29, 0.717) is 35.3 Å². The number of nitrogens with zero attached hydrogens (tertiary/aromatic N) is 1. The smallest absolute Gasteiger partial charge is 0.322 e. The Morgan fingerprint density at radius 3 is 2.36 bits per heavy atom. The molecule has 1 aromatic carbocycles. The van der Waals surface area contributed by atoms with E-state index < -0.39 is 0 Å². The molecule has 7 heteroatoms. The van der Waals surface area contributed by atoms with Gasteiger partial charge in [-0.05, 0) is 19.9 Å². The predicted octanol–water partition coefficient (Wildman–Crippen LogP) is 3.00. The van der Waals surface area contributed by atoms with Gasteiger partial charge in [0.25, 0.3) is 0 Å². The molecule has 122 valence electrons. The van der Waals surface area contributed by atoms with Crippen molar-refractivity contribution in [2.75, 3.05) is 32.6 Å². The molecule has 1 saturated heterocycles. The van der Waals surface area contributed by atoms with Gasteiger partial charge in [0.2, 0.25) is 0 Å². The van der Waals surface area contributed by atoms with E-state index >= 15 is 0 Å². The van der Waals surface area contributed by atoms with Crippen LogP contribution < -0.4 is 14.8 Å². The molecule has 22 heavy (non-hydrogen) atoms. The van der Waals surface area contributed by atoms with E-state index in [2.05, 4.69) is 5.32 Å². The Morgan fingerprint density at radius 1 is 1.23 bits per heavy atom. The van der Waals surface area contributed by atoms with Gasteiger partial charge in [-0.3, -0.25) is 0 Å². The maximum Gasteiger partial charge on any atom is 0.322 e. The molecule has 1 fully saturated rings. The Bertz CT molecular complexity index is 543. The molecule has 0 aliphatic carbocycles. The van der Waals surface area contributed by atoms with Gasteiger partial charge in [-0.1, -0.05) is 11.6 Å². The van der Waals surface area contributed by atoms with E-state index in [1.807, 2.05) is 13.8 Å². The second-order valence-corrected chi connectivity index (χ2v) is 5.69. The number of urea groups is 1. The van der Waals surface area contributed by atoms with Crippen LogP contribution in [0, 0.1) is 0 Å². The van der Waals surface area contributed by atoms with Gasteiger partial charge in [0, 0.05) is 19.2 Å². The number of hydrogen-bond donors (Lipinski definition) is 1. The minimum atomic E-state index is -0.207. The lowest BCUT2D eigenvalue weighted by Gasteiger charge is -2.35. The number of ether oxygens (including phenoxy) is 3. The highest BCUT2D eigenvalue weighted by molar-refractivity contribution is 6.32. The van der Waals surface area contributed by atoms with Crippen molar-refractivity contribution in [2.45, 2.75) is 26.1 Å². The molecule has 1 aromatic rings. The first-order chi connectivity index (χ1) is 10.4. The van der Waals surface area contributed by atoms with Crippen LogP contribution in [0.4, 0.5) is 10.5 Å². The van der Waals surface area contributed by atoms with Crippen molar-refractivity contribution in [2.24, 2.45) is 0 Å². The van der Waals surface area contributed by atoms with Crippen molar-refractivity contribution >= 4 is 23.3 Å². The SMILES string of the molecule is COc1cc(OC)c(NC(=O)N2CC(C)OC(C)C2)cc1Cl. The molecular weight excluding hydrogens is 308 g/mol. The molecule has 0 spiro atoms. The van der Waals surface area contributed by atoms with E-state index in [1.165, 1.54) is 14.2 Å². The van der Waals surface area contributed by atoms with E-state index in [4.69, 9.17) is 25.8 Å². The summed E-state index contributed by atoms with van der Waals surface area (Å²) in [5.74, 6) is 0.981. The summed E-state index contributed by atoms with van der Waals surface area (Å²) in [5.41, 5.74) is 0.505. The van der Waals surface area contributed by atoms with Gasteiger partial charge in [0.1, 0.15) is 11.5 Å². The van der Waals surface area contributed by atoms with E-state index in [9.17, 15) is 4.79 Å². The lowest BCUT2D eigenvalue weighted by molar-refractivity contribution is -0.0530. The predicted molar refractivity (Wildman–Crippen MR) is 85.2 cm³/mol. The van der Waals surface area contributed by atoms with Crippen LogP contribution in [-0.4, -0.2) is 50.4 Å². The van der Waals surface area contributed by atoms with Gasteiger partial charge in [-0.25, -0.2) is 4.79 Å². The number of amides is 2. The summed E-state index contributed by atoms with van der Waals surface area (Å²) >= 11 is 6.11. The van der Waals surface area contributed by atoms with Crippen LogP contribution in [0.5, 0.6) is 11.5 Å². The average molecular weight is 329 g/mol. The molecule has 1 aliphatic heterocycles. The fraction of sp³-hybridized carbons (Fsp3) is 0.533. The number of rotatable bonds is 3. The van der Waals surface area contributed by atoms with Crippen LogP contribution in [0.15, 0.2) is 12.1 Å². The molecule has 2 unspecified atom stereocenters. The molecule has 1 aliphatic rings. The first-order valence-corrected chi connectivity index (χ1v) is 7.45. The number of hydrogen-bond acceptors (Lipinski definition) is 4. The molecule has 0 aromatic heterocycles. The van der Waals surface area contributed by atoms with Gasteiger partial charge in [-0.2, -0.15) is 0 Å². The third kappa shape index (κ3) is 3.75. The minimum Gasteiger partial charge on any atom is -0.495 e. The summed E-state index contributed by atoms with van der Waals surface area (Å²) in [6, 6.07) is 3.05. The highest BCUT2D eigenvalue weighted by atomic mass is 35.5. The third-order valence-corrected chi connectivity index (χ3v) is 3.72. The zero-order valence-electron chi connectivity index (χ0n) is 13.2. The summed E-state index contributed by atoms with van der Waals surface area (Å²) in [7, 11) is 3.05. The first-order valence-electron chi connectivity index (χ1n) is 7.07. The maximum atomic E-state index is 12.4. The molecule has 1 N–H and O–H groups in total. The van der Waals surface area contributed by atoms with Crippen molar-refractivity contribution in [1.82, 2.24) is 4.90 Å². The number of morpholine rings is 1. The van der Waals surface area contributed by atoms with Gasteiger partial charge in [0.15, 0.2) is 0 Å². The van der Waals surface area contributed by atoms with Crippen LogP contribution in [-0.2, 0) is 4.74 Å². The molecule has 2 amide bonds. The van der Waals surface area contributed by atoms with Crippen molar-refractivity contribution in [3.8, 4) is 11.5 Å². The summed E-state index contributed by atoms with van der Waals surface area (Å²) < 4.78 is 16.0. The van der Waals surface area contributed by atoms with Crippen LogP contribution in [0.25, 0.3) is 0 Å². The zero-order chi connectivity index (χ0) is 16.3. The Morgan fingerprint density at radius 2 is 1.82 bits per heavy atom. The third-order valence-electron chi connectivity index (χ3n) is 3.42. The molecule has 0 saturated carbocycles. The number of nitrogens with one attached hydrogen (secondary N) is 1. The standard InChI is InChI=1S/C15H21ClN2O4/c1-9-7-18(8-10(2)22-9)15(19)17-12-5-11(16)13(20-3)6-14(12)21-4/h5-6,9-10H,7-8H2,1-4H3,(H,17,19). The second kappa shape index (κ2) is 7.07. The molecule has 0 radical (unpaired) electrons. The molecular formula is C15H21ClN2O4. The summed E-state index contributed by atoms with van der Waals surface area (Å²) in [4.78, 5) is 14.1. The second-order valence-electron chi connectivity index (χ2n) is 5.28. The van der Waals surface area contributed by atoms with Gasteiger partial charge in [0.05, 0.1) is 37.1 Å². The number of benzene rings is 1. The Labute approximate surface area is 135 Å². The normalized spacial score (nSPS) is 21.4. The number of carbonyl (C=O) groups is 1. The minimum absolute atomic E-state index is 0.0100. The van der Waals surface area contributed by atoms with Gasteiger partial charge >= 0.3 is 6.03 Å². The van der Waals surface area contributed by atoms with Crippen LogP contribution in [0.1, 0.15) is 13.8 Å². The largest absolute Gasteiger partial charge is 0.495 e. The lowest BCUT2D eigenvalue weighted by atomic mass is 10.2. The summed E-state index contributed by atoms with van der Waals surface area (Å²) in [5, 5.41) is 3.24. The quantitative estimate of drug-likeness (QED) is 0.926. The molecule has 2 atom stereocenters. The Kier molecular flexibility index (Phi) is 5.37. The molecule has 0 bridgehead atoms. The van der Waals surface area contributed by atoms with Crippen molar-refractivity contribution in [3.05, 3.63) is 17.2 Å². The highest BCUT2D eigenvalue weighted by Gasteiger charge is 2.26. The van der Waals surface area contributed by atoms with Crippen LogP contribution in [0.2, 0.25) is 5.02 Å². The number of halogens is 1. The molecule has 1 heterocycles. The molecule has 2 rings (SSSR count). The van der Waals surface area contributed by atoms with Crippen molar-refractivity contribution < 1.29 is 19.0 Å². The van der Waals surface area contributed by atoms with E-state index in [0.717, 1.165) is 0 Å². The maximum absolute atomic E-state index is 12.4. The van der Waals surface area contributed by atoms with Crippen LogP contribution >= 0.6 is 11.6 Å². The monoisotopic (exact) mass is 328 g/mol. The van der Waals surface area contributed by atoms with Crippen LogP contribution in [0.3, 0.4) is 0 Å². The number of methoxy groups -OCH3 is 2. The van der Waals surface area contributed by atoms with Gasteiger partial charge < -0.3 is 24.4 Å². The fourth-order valence-electron chi connectivity index (χ4n) is 2.50. The average Bonchev–Trinajstić information content (AvgIpc) is 2.46. The van der Waals surface area contributed by atoms with E-state index in [-0.39, 0.29) is 18.2 Å². The zero-order valence-corrected chi connectivity index (χ0v) is 13.9. The Hall–Kier alpha value is -1.66. The summed E-state index contributed by atoms with van der Waals surface area (Å²) in [6.45, 7) is 4.98. The number of carbonyl (C=O) groups excluding carboxylic acids is 1. The van der Waals surface area contributed by atoms with E-state index in [1.54, 1.807) is 17.0 Å². The topological polar surface area (TPSA) is 60.0 Å². The highest BCUT2D eigenvalue weighted by Crippen LogP contribution is 2.36. The summed E-state index contributed by atoms with van der Waals surface area (Å²) in [6.07, 6.45) is 0.0201. The number of anilines is 1. The first kappa shape index (κ1) is 16.7. The van der Waals surface area contributed by atoms with Gasteiger partial charge in [-0.15, -0.1) is 0 Å². The van der Waals surface area contributed by atoms with Crippen molar-refractivity contribution in [1.29, 1.82) is 0 Å². The lowest BCUT2D eigenvalue weighted by Crippen LogP contribution is -2.49. The fourth-order valence-corrected chi connectivity index (χ4v) is 2.74.